The summed E-state index contributed by atoms with van der Waals surface area (Å²) < 4.78 is 0. The molecule has 0 aliphatic carbocycles. The van der Waals surface area contributed by atoms with Crippen LogP contribution in [0.25, 0.3) is 10.9 Å². The third-order valence-corrected chi connectivity index (χ3v) is 13.9. The molecule has 0 unspecified atom stereocenters. The largest absolute Gasteiger partial charge is 0.480 e. The number of H-pyrrole nitrogens is 1. The van der Waals surface area contributed by atoms with Gasteiger partial charge in [-0.2, -0.15) is 12.6 Å². The molecule has 1 aromatic heterocycles. The fraction of sp³-hybridized carbons (Fsp3) is 0.627. The number of para-hydroxylation sites is 1. The highest BCUT2D eigenvalue weighted by atomic mass is 32.1. The molecule has 1 aliphatic heterocycles. The summed E-state index contributed by atoms with van der Waals surface area (Å²) >= 11 is 4.31. The SMILES string of the molecule is CC[C@H](C)[C@H](NC(=O)[C@H](C)NC(=O)[C@H](Cc1c[nH]c2ccccc12)NC(=O)CNC(=O)[C@H](CCCN=C(N)N)NC(=O)[C@@H](NC(=O)[C@@H]1CCCN1C(=O)[C@H](CS)NC(=O)[C@H](CC(C)C)NC(=O)[C@@H](N)CO)[C@@H](C)CC)C(=O)O. The second-order valence-electron chi connectivity index (χ2n) is 20.1. The van der Waals surface area contributed by atoms with E-state index in [0.29, 0.717) is 24.8 Å². The molecule has 434 valence electrons. The molecule has 0 radical (unpaired) electrons. The third kappa shape index (κ3) is 19.8. The molecule has 2 heterocycles. The summed E-state index contributed by atoms with van der Waals surface area (Å²) in [4.78, 5) is 143. The van der Waals surface area contributed by atoms with Gasteiger partial charge in [0.15, 0.2) is 5.96 Å². The molecule has 11 atom stereocenters. The first-order chi connectivity index (χ1) is 36.9. The quantitative estimate of drug-likeness (QED) is 0.0159. The normalized spacial score (nSPS) is 17.1. The van der Waals surface area contributed by atoms with Crippen LogP contribution in [0.3, 0.4) is 0 Å². The number of carbonyl (C=O) groups excluding carboxylic acids is 9. The lowest BCUT2D eigenvalue weighted by Gasteiger charge is -2.31. The van der Waals surface area contributed by atoms with Crippen molar-refractivity contribution in [3.63, 3.8) is 0 Å². The number of nitrogens with one attached hydrogen (secondary N) is 9. The number of fused-ring (bicyclic) bond motifs is 1. The molecule has 2 aromatic rings. The van der Waals surface area contributed by atoms with Gasteiger partial charge in [0.1, 0.15) is 54.4 Å². The van der Waals surface area contributed by atoms with Crippen molar-refractivity contribution < 1.29 is 58.2 Å². The second kappa shape index (κ2) is 32.0. The fourth-order valence-electron chi connectivity index (χ4n) is 8.62. The zero-order valence-electron chi connectivity index (χ0n) is 45.6. The number of benzene rings is 1. The number of aromatic amines is 1. The highest BCUT2D eigenvalue weighted by Crippen LogP contribution is 2.22. The maximum Gasteiger partial charge on any atom is 0.326 e. The Kier molecular flexibility index (Phi) is 26.8. The van der Waals surface area contributed by atoms with Crippen molar-refractivity contribution >= 4 is 88.6 Å². The first kappa shape index (κ1) is 65.3. The molecule has 26 nitrogen and oxygen atoms in total. The molecule has 27 heteroatoms. The summed E-state index contributed by atoms with van der Waals surface area (Å²) in [7, 11) is 0. The Morgan fingerprint density at radius 3 is 2.01 bits per heavy atom. The molecule has 1 fully saturated rings. The summed E-state index contributed by atoms with van der Waals surface area (Å²) in [6.07, 6.45) is 3.38. The number of guanidine groups is 1. The van der Waals surface area contributed by atoms with E-state index in [1.807, 2.05) is 32.0 Å². The number of aliphatic carboxylic acids is 1. The number of aromatic nitrogens is 1. The molecule has 3 rings (SSSR count). The molecule has 0 spiro atoms. The van der Waals surface area contributed by atoms with E-state index in [9.17, 15) is 58.2 Å². The van der Waals surface area contributed by atoms with Gasteiger partial charge in [-0.15, -0.1) is 0 Å². The second-order valence-corrected chi connectivity index (χ2v) is 20.5. The number of carboxylic acid groups (broad SMARTS) is 1. The van der Waals surface area contributed by atoms with E-state index in [2.05, 4.69) is 65.1 Å². The molecular formula is C51H82N14O12S. The number of hydrogen-bond donors (Lipinski definition) is 15. The summed E-state index contributed by atoms with van der Waals surface area (Å²) in [6.45, 7) is 10.8. The molecule has 17 N–H and O–H groups in total. The Hall–Kier alpha value is -7.00. The van der Waals surface area contributed by atoms with E-state index in [-0.39, 0.29) is 62.8 Å². The van der Waals surface area contributed by atoms with Gasteiger partial charge in [0, 0.05) is 42.4 Å². The summed E-state index contributed by atoms with van der Waals surface area (Å²) in [6, 6.07) is -3.72. The van der Waals surface area contributed by atoms with Crippen molar-refractivity contribution in [3.05, 3.63) is 36.0 Å². The molecule has 1 aromatic carbocycles. The van der Waals surface area contributed by atoms with Crippen LogP contribution in [0.1, 0.15) is 99.0 Å². The van der Waals surface area contributed by atoms with Gasteiger partial charge in [-0.1, -0.05) is 72.6 Å². The Bertz CT molecular complexity index is 2440. The number of nitrogens with zero attached hydrogens (tertiary/aromatic N) is 2. The van der Waals surface area contributed by atoms with Crippen LogP contribution in [0, 0.1) is 17.8 Å². The number of nitrogens with two attached hydrogens (primary N) is 3. The van der Waals surface area contributed by atoms with Crippen LogP contribution >= 0.6 is 12.6 Å². The lowest BCUT2D eigenvalue weighted by atomic mass is 9.97. The topological polar surface area (TPSA) is 417 Å². The summed E-state index contributed by atoms with van der Waals surface area (Å²) in [5.41, 5.74) is 18.1. The number of aliphatic hydroxyl groups is 1. The Labute approximate surface area is 459 Å². The van der Waals surface area contributed by atoms with E-state index in [0.717, 1.165) is 10.9 Å². The minimum Gasteiger partial charge on any atom is -0.480 e. The molecule has 1 aliphatic rings. The zero-order valence-corrected chi connectivity index (χ0v) is 46.5. The summed E-state index contributed by atoms with van der Waals surface area (Å²) in [5.74, 6) is -9.30. The smallest absolute Gasteiger partial charge is 0.326 e. The van der Waals surface area contributed by atoms with E-state index in [4.69, 9.17) is 17.2 Å². The number of carbonyl (C=O) groups is 10. The van der Waals surface area contributed by atoms with Crippen molar-refractivity contribution in [2.75, 3.05) is 32.0 Å². The van der Waals surface area contributed by atoms with Crippen LogP contribution in [-0.2, 0) is 54.4 Å². The Morgan fingerprint density at radius 1 is 0.769 bits per heavy atom. The number of aliphatic hydroxyl groups excluding tert-OH is 1. The fourth-order valence-corrected chi connectivity index (χ4v) is 8.86. The van der Waals surface area contributed by atoms with Crippen LogP contribution in [0.2, 0.25) is 0 Å². The van der Waals surface area contributed by atoms with E-state index < -0.39 is 138 Å². The summed E-state index contributed by atoms with van der Waals surface area (Å²) in [5, 5.41) is 40.6. The standard InChI is InChI=1S/C51H82N14O12S/c1-8-27(5)40(63-47(73)38-17-13-19-65(38)49(75)37(25-78)62-46(72)35(20-26(3)4)61-43(69)32(52)24-66)48(74)60-34(16-12-18-55-51(53)54)44(70)57-23-39(67)59-36(21-30-22-56-33-15-11-10-14-31(30)33)45(71)58-29(7)42(68)64-41(50(76)77)28(6)9-2/h10-11,14-15,22,26-29,32,34-38,40-41,56,66,78H,8-9,12-13,16-21,23-25,52H2,1-7H3,(H,57,70)(H,58,71)(H,59,67)(H,60,74)(H,61,69)(H,62,72)(H,63,73)(H,64,68)(H,76,77)(H4,53,54,55)/t27-,28-,29-,32-,34-,35-,36-,37-,38-,40-,41-/m0/s1. The predicted octanol–water partition coefficient (Wildman–Crippen LogP) is -2.24. The van der Waals surface area contributed by atoms with Crippen LogP contribution in [0.4, 0.5) is 0 Å². The highest BCUT2D eigenvalue weighted by Gasteiger charge is 2.41. The number of aliphatic imine (C=N–C) groups is 1. The number of hydrogen-bond acceptors (Lipinski definition) is 14. The van der Waals surface area contributed by atoms with Gasteiger partial charge in [-0.25, -0.2) is 4.79 Å². The zero-order chi connectivity index (χ0) is 58.4. The number of carboxylic acids is 1. The van der Waals surface area contributed by atoms with E-state index in [1.165, 1.54) is 11.8 Å². The van der Waals surface area contributed by atoms with Crippen molar-refractivity contribution in [1.29, 1.82) is 0 Å². The maximum absolute atomic E-state index is 14.3. The van der Waals surface area contributed by atoms with Crippen molar-refractivity contribution in [3.8, 4) is 0 Å². The lowest BCUT2D eigenvalue weighted by Crippen LogP contribution is -2.60. The predicted molar refractivity (Wildman–Crippen MR) is 294 cm³/mol. The minimum absolute atomic E-state index is 0.0415. The van der Waals surface area contributed by atoms with Gasteiger partial charge >= 0.3 is 5.97 Å². The molecule has 78 heavy (non-hydrogen) atoms. The molecule has 0 saturated carbocycles. The van der Waals surface area contributed by atoms with Gasteiger partial charge in [-0.3, -0.25) is 48.1 Å². The van der Waals surface area contributed by atoms with Gasteiger partial charge in [0.05, 0.1) is 13.2 Å². The van der Waals surface area contributed by atoms with Gasteiger partial charge in [0.2, 0.25) is 53.2 Å². The average molecular weight is 1120 g/mol. The minimum atomic E-state index is -1.31. The van der Waals surface area contributed by atoms with Crippen LogP contribution < -0.4 is 59.7 Å². The van der Waals surface area contributed by atoms with Crippen LogP contribution in [-0.4, -0.2) is 172 Å². The van der Waals surface area contributed by atoms with Crippen LogP contribution in [0.5, 0.6) is 0 Å². The Balaban J connectivity index is 1.80. The highest BCUT2D eigenvalue weighted by molar-refractivity contribution is 7.80. The number of likely N-dealkylation sites (tertiary alicyclic amines) is 1. The third-order valence-electron chi connectivity index (χ3n) is 13.6. The number of thiol groups is 1. The van der Waals surface area contributed by atoms with Gasteiger partial charge in [-0.05, 0) is 68.4 Å². The number of rotatable bonds is 32. The lowest BCUT2D eigenvalue weighted by molar-refractivity contribution is -0.143. The first-order valence-corrected chi connectivity index (χ1v) is 27.0. The van der Waals surface area contributed by atoms with Crippen molar-refractivity contribution in [2.24, 2.45) is 39.9 Å². The maximum atomic E-state index is 14.3. The Morgan fingerprint density at radius 2 is 1.40 bits per heavy atom. The van der Waals surface area contributed by atoms with Gasteiger partial charge in [0.25, 0.3) is 0 Å². The molecular weight excluding hydrogens is 1030 g/mol. The molecule has 1 saturated heterocycles. The molecule has 9 amide bonds. The van der Waals surface area contributed by atoms with Crippen molar-refractivity contribution in [1.82, 2.24) is 52.4 Å². The first-order valence-electron chi connectivity index (χ1n) is 26.4. The monoisotopic (exact) mass is 1110 g/mol. The number of amides is 9. The van der Waals surface area contributed by atoms with E-state index in [1.54, 1.807) is 40.0 Å². The average Bonchev–Trinajstić information content (AvgIpc) is 4.07. The van der Waals surface area contributed by atoms with Crippen molar-refractivity contribution in [2.45, 2.75) is 154 Å². The van der Waals surface area contributed by atoms with E-state index >= 15 is 0 Å². The van der Waals surface area contributed by atoms with Crippen LogP contribution in [0.15, 0.2) is 35.5 Å². The van der Waals surface area contributed by atoms with Gasteiger partial charge < -0.3 is 79.8 Å². The molecule has 0 bridgehead atoms.